The van der Waals surface area contributed by atoms with Crippen molar-refractivity contribution in [1.29, 1.82) is 5.41 Å². The Balaban J connectivity index is 2.48. The third kappa shape index (κ3) is 1.97. The van der Waals surface area contributed by atoms with Crippen molar-refractivity contribution in [3.05, 3.63) is 40.9 Å². The Morgan fingerprint density at radius 3 is 2.56 bits per heavy atom. The fraction of sp³-hybridized carbons (Fsp3) is 0.167. The maximum atomic E-state index is 7.50. The summed E-state index contributed by atoms with van der Waals surface area (Å²) < 4.78 is 0. The van der Waals surface area contributed by atoms with E-state index in [4.69, 9.17) is 11.1 Å². The summed E-state index contributed by atoms with van der Waals surface area (Å²) in [7, 11) is 0. The first-order chi connectivity index (χ1) is 7.72. The van der Waals surface area contributed by atoms with E-state index in [0.29, 0.717) is 0 Å². The lowest BCUT2D eigenvalue weighted by Gasteiger charge is -1.93. The first kappa shape index (κ1) is 10.8. The Labute approximate surface area is 98.5 Å². The van der Waals surface area contributed by atoms with Crippen molar-refractivity contribution in [2.75, 3.05) is 0 Å². The Bertz CT molecular complexity index is 502. The fourth-order valence-corrected chi connectivity index (χ4v) is 2.53. The van der Waals surface area contributed by atoms with Gasteiger partial charge in [0.05, 0.1) is 10.6 Å². The molecule has 2 aromatic rings. The van der Waals surface area contributed by atoms with Crippen molar-refractivity contribution in [2.45, 2.75) is 13.3 Å². The van der Waals surface area contributed by atoms with E-state index in [1.165, 1.54) is 11.3 Å². The zero-order valence-corrected chi connectivity index (χ0v) is 9.84. The van der Waals surface area contributed by atoms with Gasteiger partial charge in [-0.1, -0.05) is 37.3 Å². The van der Waals surface area contributed by atoms with Gasteiger partial charge < -0.3 is 5.73 Å². The number of nitrogens with one attached hydrogen (secondary N) is 1. The maximum absolute atomic E-state index is 7.50. The number of hydrogen-bond acceptors (Lipinski definition) is 3. The van der Waals surface area contributed by atoms with Crippen LogP contribution >= 0.6 is 11.3 Å². The molecule has 3 nitrogen and oxygen atoms in total. The van der Waals surface area contributed by atoms with Crippen LogP contribution in [0.1, 0.15) is 17.5 Å². The average molecular weight is 231 g/mol. The van der Waals surface area contributed by atoms with E-state index in [1.54, 1.807) is 0 Å². The molecule has 1 heterocycles. The van der Waals surface area contributed by atoms with Crippen LogP contribution in [0.4, 0.5) is 0 Å². The van der Waals surface area contributed by atoms with Crippen LogP contribution in [-0.4, -0.2) is 10.8 Å². The molecule has 0 bridgehead atoms. The smallest absolute Gasteiger partial charge is 0.135 e. The molecule has 3 N–H and O–H groups in total. The normalized spacial score (nSPS) is 10.3. The summed E-state index contributed by atoms with van der Waals surface area (Å²) in [6, 6.07) is 9.97. The molecule has 2 rings (SSSR count). The van der Waals surface area contributed by atoms with E-state index >= 15 is 0 Å². The van der Waals surface area contributed by atoms with Crippen molar-refractivity contribution >= 4 is 17.2 Å². The Morgan fingerprint density at radius 1 is 1.38 bits per heavy atom. The first-order valence-electron chi connectivity index (χ1n) is 5.12. The summed E-state index contributed by atoms with van der Waals surface area (Å²) in [4.78, 5) is 5.31. The van der Waals surface area contributed by atoms with Gasteiger partial charge >= 0.3 is 0 Å². The molecule has 0 aliphatic carbocycles. The van der Waals surface area contributed by atoms with Crippen LogP contribution in [0.5, 0.6) is 0 Å². The van der Waals surface area contributed by atoms with Gasteiger partial charge in [0, 0.05) is 5.56 Å². The number of rotatable bonds is 3. The van der Waals surface area contributed by atoms with Gasteiger partial charge in [-0.2, -0.15) is 0 Å². The van der Waals surface area contributed by atoms with Gasteiger partial charge in [0.1, 0.15) is 10.8 Å². The van der Waals surface area contributed by atoms with Crippen molar-refractivity contribution in [3.63, 3.8) is 0 Å². The van der Waals surface area contributed by atoms with Gasteiger partial charge in [-0.25, -0.2) is 4.98 Å². The lowest BCUT2D eigenvalue weighted by Crippen LogP contribution is -2.11. The molecule has 0 unspecified atom stereocenters. The lowest BCUT2D eigenvalue weighted by atomic mass is 10.2. The molecule has 4 heteroatoms. The molecular weight excluding hydrogens is 218 g/mol. The summed E-state index contributed by atoms with van der Waals surface area (Å²) in [5.74, 6) is 0.108. The first-order valence-corrected chi connectivity index (χ1v) is 5.93. The Hall–Kier alpha value is -1.68. The average Bonchev–Trinajstić information content (AvgIpc) is 2.74. The topological polar surface area (TPSA) is 62.8 Å². The molecule has 0 saturated carbocycles. The highest BCUT2D eigenvalue weighted by atomic mass is 32.1. The number of aromatic nitrogens is 1. The molecule has 16 heavy (non-hydrogen) atoms. The van der Waals surface area contributed by atoms with Gasteiger partial charge in [-0.05, 0) is 6.42 Å². The molecule has 0 amide bonds. The van der Waals surface area contributed by atoms with Gasteiger partial charge in [0.25, 0.3) is 0 Å². The van der Waals surface area contributed by atoms with Crippen LogP contribution in [0.15, 0.2) is 30.3 Å². The van der Waals surface area contributed by atoms with Crippen molar-refractivity contribution in [2.24, 2.45) is 5.73 Å². The van der Waals surface area contributed by atoms with E-state index in [-0.39, 0.29) is 5.84 Å². The maximum Gasteiger partial charge on any atom is 0.135 e. The molecule has 1 aromatic heterocycles. The quantitative estimate of drug-likeness (QED) is 0.630. The number of hydrogen-bond donors (Lipinski definition) is 2. The van der Waals surface area contributed by atoms with Crippen LogP contribution in [0.3, 0.4) is 0 Å². The van der Waals surface area contributed by atoms with Crippen molar-refractivity contribution < 1.29 is 0 Å². The highest BCUT2D eigenvalue weighted by molar-refractivity contribution is 7.17. The lowest BCUT2D eigenvalue weighted by molar-refractivity contribution is 1.06. The minimum atomic E-state index is 0.108. The van der Waals surface area contributed by atoms with E-state index in [9.17, 15) is 0 Å². The highest BCUT2D eigenvalue weighted by Crippen LogP contribution is 2.27. The molecule has 1 aromatic carbocycles. The second kappa shape index (κ2) is 4.45. The van der Waals surface area contributed by atoms with Crippen LogP contribution in [0.2, 0.25) is 0 Å². The number of thiazole rings is 1. The molecule has 0 aliphatic rings. The fourth-order valence-electron chi connectivity index (χ4n) is 1.51. The number of benzene rings is 1. The number of nitrogen functional groups attached to an aromatic ring is 1. The van der Waals surface area contributed by atoms with Gasteiger partial charge in [-0.15, -0.1) is 11.3 Å². The summed E-state index contributed by atoms with van der Waals surface area (Å²) in [5, 5.41) is 8.44. The predicted octanol–water partition coefficient (Wildman–Crippen LogP) is 2.66. The third-order valence-electron chi connectivity index (χ3n) is 2.30. The standard InChI is InChI=1S/C12H13N3S/c1-2-9-10(11(13)14)16-12(15-9)8-6-4-3-5-7-8/h3-7H,2H2,1H3,(H3,13,14). The molecule has 0 radical (unpaired) electrons. The molecule has 0 atom stereocenters. The summed E-state index contributed by atoms with van der Waals surface area (Å²) in [6.45, 7) is 2.02. The molecule has 0 spiro atoms. The minimum absolute atomic E-state index is 0.108. The zero-order valence-electron chi connectivity index (χ0n) is 9.03. The number of amidine groups is 1. The molecule has 82 valence electrons. The molecular formula is C12H13N3S. The Morgan fingerprint density at radius 2 is 2.06 bits per heavy atom. The van der Waals surface area contributed by atoms with Crippen molar-refractivity contribution in [3.8, 4) is 10.6 Å². The van der Waals surface area contributed by atoms with Gasteiger partial charge in [0.2, 0.25) is 0 Å². The highest BCUT2D eigenvalue weighted by Gasteiger charge is 2.12. The largest absolute Gasteiger partial charge is 0.383 e. The van der Waals surface area contributed by atoms with E-state index < -0.39 is 0 Å². The minimum Gasteiger partial charge on any atom is -0.383 e. The van der Waals surface area contributed by atoms with Gasteiger partial charge in [-0.3, -0.25) is 5.41 Å². The van der Waals surface area contributed by atoms with E-state index in [1.807, 2.05) is 37.3 Å². The number of aryl methyl sites for hydroxylation is 1. The van der Waals surface area contributed by atoms with Crippen LogP contribution in [-0.2, 0) is 6.42 Å². The monoisotopic (exact) mass is 231 g/mol. The SMILES string of the molecule is CCc1nc(-c2ccccc2)sc1C(=N)N. The van der Waals surface area contributed by atoms with Crippen LogP contribution in [0.25, 0.3) is 10.6 Å². The molecule has 0 aliphatic heterocycles. The zero-order chi connectivity index (χ0) is 11.5. The van der Waals surface area contributed by atoms with Crippen LogP contribution in [0, 0.1) is 5.41 Å². The Kier molecular flexibility index (Phi) is 3.01. The summed E-state index contributed by atoms with van der Waals surface area (Å²) in [5.41, 5.74) is 7.53. The number of nitrogens with two attached hydrogens (primary N) is 1. The third-order valence-corrected chi connectivity index (χ3v) is 3.48. The van der Waals surface area contributed by atoms with Gasteiger partial charge in [0.15, 0.2) is 0 Å². The molecule has 0 saturated heterocycles. The predicted molar refractivity (Wildman–Crippen MR) is 67.9 cm³/mol. The second-order valence-corrected chi connectivity index (χ2v) is 4.43. The summed E-state index contributed by atoms with van der Waals surface area (Å²) in [6.07, 6.45) is 0.804. The molecule has 0 fully saturated rings. The summed E-state index contributed by atoms with van der Waals surface area (Å²) >= 11 is 1.48. The van der Waals surface area contributed by atoms with E-state index in [0.717, 1.165) is 27.6 Å². The number of nitrogens with zero attached hydrogens (tertiary/aromatic N) is 1. The second-order valence-electron chi connectivity index (χ2n) is 3.43. The van der Waals surface area contributed by atoms with E-state index in [2.05, 4.69) is 4.98 Å². The van der Waals surface area contributed by atoms with Crippen LogP contribution < -0.4 is 5.73 Å². The van der Waals surface area contributed by atoms with Crippen molar-refractivity contribution in [1.82, 2.24) is 4.98 Å².